The van der Waals surface area contributed by atoms with Crippen LogP contribution in [0.15, 0.2) is 0 Å². The molecule has 0 fully saturated rings. The van der Waals surface area contributed by atoms with Gasteiger partial charge < -0.3 is 11.1 Å². The topological polar surface area (TPSA) is 92.5 Å². The lowest BCUT2D eigenvalue weighted by Crippen LogP contribution is -2.49. The molecule has 1 amide bonds. The number of nitrogens with one attached hydrogen (secondary N) is 1. The molecule has 7 heteroatoms. The number of carbonyl (C=O) groups is 1. The van der Waals surface area contributed by atoms with Crippen molar-refractivity contribution in [2.24, 2.45) is 11.1 Å². The molecule has 6 nitrogen and oxygen atoms in total. The van der Waals surface area contributed by atoms with Gasteiger partial charge in [-0.05, 0) is 11.8 Å². The van der Waals surface area contributed by atoms with Gasteiger partial charge in [0, 0.05) is 19.6 Å². The predicted octanol–water partition coefficient (Wildman–Crippen LogP) is 0.148. The van der Waals surface area contributed by atoms with Gasteiger partial charge in [0.25, 0.3) is 0 Å². The Bertz CT molecular complexity index is 388. The smallest absolute Gasteiger partial charge is 0.237 e. The van der Waals surface area contributed by atoms with Crippen molar-refractivity contribution in [3.63, 3.8) is 0 Å². The van der Waals surface area contributed by atoms with Crippen LogP contribution in [-0.2, 0) is 14.8 Å². The molecule has 0 radical (unpaired) electrons. The maximum atomic E-state index is 11.7. The molecule has 1 unspecified atom stereocenters. The largest absolute Gasteiger partial charge is 0.355 e. The van der Waals surface area contributed by atoms with E-state index < -0.39 is 16.1 Å². The first kappa shape index (κ1) is 18.3. The van der Waals surface area contributed by atoms with Crippen LogP contribution in [0.5, 0.6) is 0 Å². The lowest BCUT2D eigenvalue weighted by molar-refractivity contribution is -0.124. The third-order valence-electron chi connectivity index (χ3n) is 2.92. The molecule has 114 valence electrons. The highest BCUT2D eigenvalue weighted by molar-refractivity contribution is 7.88. The van der Waals surface area contributed by atoms with E-state index in [1.807, 2.05) is 20.8 Å². The summed E-state index contributed by atoms with van der Waals surface area (Å²) >= 11 is 0. The van der Waals surface area contributed by atoms with Crippen LogP contribution < -0.4 is 11.1 Å². The Labute approximate surface area is 116 Å². The Kier molecular flexibility index (Phi) is 6.96. The second kappa shape index (κ2) is 7.21. The number of rotatable bonds is 7. The maximum Gasteiger partial charge on any atom is 0.237 e. The first-order valence-corrected chi connectivity index (χ1v) is 8.33. The van der Waals surface area contributed by atoms with Gasteiger partial charge in [-0.2, -0.15) is 0 Å². The molecule has 0 spiro atoms. The number of amides is 1. The standard InChI is InChI=1S/C12H27N3O3S/c1-6-15(19(5,17)18)9-7-8-14-11(16)10(13)12(2,3)4/h10H,6-9,13H2,1-5H3,(H,14,16). The summed E-state index contributed by atoms with van der Waals surface area (Å²) in [5, 5.41) is 2.73. The van der Waals surface area contributed by atoms with Gasteiger partial charge in [0.05, 0.1) is 12.3 Å². The zero-order valence-electron chi connectivity index (χ0n) is 12.6. The third-order valence-corrected chi connectivity index (χ3v) is 4.30. The van der Waals surface area contributed by atoms with E-state index in [2.05, 4.69) is 5.32 Å². The fraction of sp³-hybridized carbons (Fsp3) is 0.917. The van der Waals surface area contributed by atoms with Crippen LogP contribution in [0, 0.1) is 5.41 Å². The fourth-order valence-corrected chi connectivity index (χ4v) is 2.46. The minimum atomic E-state index is -3.16. The third kappa shape index (κ3) is 6.89. The average Bonchev–Trinajstić information content (AvgIpc) is 2.24. The molecule has 0 rings (SSSR count). The molecule has 0 aliphatic heterocycles. The van der Waals surface area contributed by atoms with Crippen molar-refractivity contribution in [3.8, 4) is 0 Å². The first-order chi connectivity index (χ1) is 8.50. The van der Waals surface area contributed by atoms with E-state index in [1.165, 1.54) is 10.6 Å². The van der Waals surface area contributed by atoms with Crippen molar-refractivity contribution in [2.75, 3.05) is 25.9 Å². The summed E-state index contributed by atoms with van der Waals surface area (Å²) < 4.78 is 24.1. The lowest BCUT2D eigenvalue weighted by Gasteiger charge is -2.26. The van der Waals surface area contributed by atoms with Gasteiger partial charge >= 0.3 is 0 Å². The van der Waals surface area contributed by atoms with Crippen molar-refractivity contribution in [2.45, 2.75) is 40.2 Å². The van der Waals surface area contributed by atoms with E-state index in [0.717, 1.165) is 0 Å². The highest BCUT2D eigenvalue weighted by atomic mass is 32.2. The molecule has 3 N–H and O–H groups in total. The molecule has 0 aromatic carbocycles. The van der Waals surface area contributed by atoms with E-state index in [4.69, 9.17) is 5.73 Å². The molecule has 0 aliphatic carbocycles. The van der Waals surface area contributed by atoms with Crippen LogP contribution in [0.3, 0.4) is 0 Å². The van der Waals surface area contributed by atoms with Crippen LogP contribution in [0.4, 0.5) is 0 Å². The van der Waals surface area contributed by atoms with E-state index in [9.17, 15) is 13.2 Å². The Balaban J connectivity index is 4.09. The molecule has 0 aromatic rings. The van der Waals surface area contributed by atoms with E-state index in [1.54, 1.807) is 6.92 Å². The number of nitrogens with two attached hydrogens (primary N) is 1. The van der Waals surface area contributed by atoms with Crippen molar-refractivity contribution in [1.29, 1.82) is 0 Å². The quantitative estimate of drug-likeness (QED) is 0.653. The SMILES string of the molecule is CCN(CCCNC(=O)C(N)C(C)(C)C)S(C)(=O)=O. The monoisotopic (exact) mass is 293 g/mol. The molecule has 1 atom stereocenters. The zero-order chi connectivity index (χ0) is 15.3. The van der Waals surface area contributed by atoms with E-state index in [0.29, 0.717) is 26.1 Å². The van der Waals surface area contributed by atoms with E-state index >= 15 is 0 Å². The predicted molar refractivity (Wildman–Crippen MR) is 77.1 cm³/mol. The van der Waals surface area contributed by atoms with E-state index in [-0.39, 0.29) is 11.3 Å². The summed E-state index contributed by atoms with van der Waals surface area (Å²) in [7, 11) is -3.16. The van der Waals surface area contributed by atoms with Gasteiger partial charge in [0.2, 0.25) is 15.9 Å². The lowest BCUT2D eigenvalue weighted by atomic mass is 9.87. The minimum Gasteiger partial charge on any atom is -0.355 e. The summed E-state index contributed by atoms with van der Waals surface area (Å²) in [6.07, 6.45) is 1.76. The van der Waals surface area contributed by atoms with Crippen molar-refractivity contribution in [1.82, 2.24) is 9.62 Å². The average molecular weight is 293 g/mol. The number of nitrogens with zero attached hydrogens (tertiary/aromatic N) is 1. The highest BCUT2D eigenvalue weighted by Crippen LogP contribution is 2.17. The summed E-state index contributed by atoms with van der Waals surface area (Å²) in [5.41, 5.74) is 5.53. The molecule has 0 saturated carbocycles. The summed E-state index contributed by atoms with van der Waals surface area (Å²) in [5.74, 6) is -0.199. The molecule has 0 heterocycles. The fourth-order valence-electron chi connectivity index (χ4n) is 1.53. The number of hydrogen-bond acceptors (Lipinski definition) is 4. The maximum absolute atomic E-state index is 11.7. The number of sulfonamides is 1. The van der Waals surface area contributed by atoms with Crippen LogP contribution >= 0.6 is 0 Å². The number of hydrogen-bond donors (Lipinski definition) is 2. The van der Waals surface area contributed by atoms with Crippen molar-refractivity contribution < 1.29 is 13.2 Å². The molecular formula is C12H27N3O3S. The zero-order valence-corrected chi connectivity index (χ0v) is 13.4. The summed E-state index contributed by atoms with van der Waals surface area (Å²) in [6.45, 7) is 8.76. The van der Waals surface area contributed by atoms with Gasteiger partial charge in [-0.3, -0.25) is 4.79 Å². The van der Waals surface area contributed by atoms with Crippen LogP contribution in [0.25, 0.3) is 0 Å². The van der Waals surface area contributed by atoms with Crippen molar-refractivity contribution in [3.05, 3.63) is 0 Å². The second-order valence-electron chi connectivity index (χ2n) is 5.74. The van der Waals surface area contributed by atoms with Crippen LogP contribution in [0.2, 0.25) is 0 Å². The normalized spacial score (nSPS) is 14.5. The van der Waals surface area contributed by atoms with Crippen LogP contribution in [-0.4, -0.2) is 50.6 Å². The Morgan fingerprint density at radius 3 is 2.26 bits per heavy atom. The summed E-state index contributed by atoms with van der Waals surface area (Å²) in [4.78, 5) is 11.7. The van der Waals surface area contributed by atoms with Gasteiger partial charge in [0.15, 0.2) is 0 Å². The minimum absolute atomic E-state index is 0.199. The Morgan fingerprint density at radius 2 is 1.89 bits per heavy atom. The van der Waals surface area contributed by atoms with Gasteiger partial charge in [-0.25, -0.2) is 12.7 Å². The van der Waals surface area contributed by atoms with Gasteiger partial charge in [-0.15, -0.1) is 0 Å². The molecule has 19 heavy (non-hydrogen) atoms. The molecular weight excluding hydrogens is 266 g/mol. The first-order valence-electron chi connectivity index (χ1n) is 6.48. The van der Waals surface area contributed by atoms with Gasteiger partial charge in [0.1, 0.15) is 0 Å². The molecule has 0 aromatic heterocycles. The van der Waals surface area contributed by atoms with Crippen molar-refractivity contribution >= 4 is 15.9 Å². The molecule has 0 aliphatic rings. The summed E-state index contributed by atoms with van der Waals surface area (Å²) in [6, 6.07) is -0.565. The second-order valence-corrected chi connectivity index (χ2v) is 7.73. The Hall–Kier alpha value is -0.660. The Morgan fingerprint density at radius 1 is 1.37 bits per heavy atom. The molecule has 0 saturated heterocycles. The highest BCUT2D eigenvalue weighted by Gasteiger charge is 2.27. The number of carbonyl (C=O) groups excluding carboxylic acids is 1. The van der Waals surface area contributed by atoms with Gasteiger partial charge in [-0.1, -0.05) is 27.7 Å². The molecule has 0 bridgehead atoms. The van der Waals surface area contributed by atoms with Crippen LogP contribution in [0.1, 0.15) is 34.1 Å².